The molecular formula is C32H33F2N7O2S. The Kier molecular flexibility index (Phi) is 7.59. The molecule has 5 heterocycles. The van der Waals surface area contributed by atoms with E-state index in [2.05, 4.69) is 31.7 Å². The molecule has 2 aliphatic heterocycles. The quantitative estimate of drug-likeness (QED) is 0.232. The van der Waals surface area contributed by atoms with Crippen LogP contribution in [0.2, 0.25) is 0 Å². The molecule has 3 aliphatic rings. The van der Waals surface area contributed by atoms with Crippen LogP contribution in [-0.4, -0.2) is 75.2 Å². The van der Waals surface area contributed by atoms with Gasteiger partial charge in [0.2, 0.25) is 0 Å². The summed E-state index contributed by atoms with van der Waals surface area (Å²) in [6.07, 6.45) is 4.34. The summed E-state index contributed by atoms with van der Waals surface area (Å²) >= 11 is 1.56. The number of benzene rings is 1. The Labute approximate surface area is 258 Å². The SMILES string of the molecule is C=CCOCN1CCN(c2nc(=O)n3c4nc(c(F)cc24)-c2c(F)cccc2NCCSc2ccnc(C(C)C)c2-3)[C@H]2C[C@H]21. The number of rotatable bonds is 6. The molecule has 2 fully saturated rings. The number of anilines is 2. The van der Waals surface area contributed by atoms with Crippen molar-refractivity contribution in [3.63, 3.8) is 0 Å². The van der Waals surface area contributed by atoms with E-state index in [9.17, 15) is 4.79 Å². The predicted molar refractivity (Wildman–Crippen MR) is 169 cm³/mol. The lowest BCUT2D eigenvalue weighted by Gasteiger charge is -2.35. The van der Waals surface area contributed by atoms with Crippen LogP contribution in [0.15, 0.2) is 58.9 Å². The summed E-state index contributed by atoms with van der Waals surface area (Å²) in [5.74, 6) is -0.318. The second-order valence-corrected chi connectivity index (χ2v) is 12.7. The maximum atomic E-state index is 16.2. The normalized spacial score (nSPS) is 19.5. The molecule has 0 spiro atoms. The molecule has 1 aliphatic carbocycles. The number of piperazine rings is 1. The van der Waals surface area contributed by atoms with Crippen LogP contribution in [0.4, 0.5) is 20.3 Å². The summed E-state index contributed by atoms with van der Waals surface area (Å²) in [5.41, 5.74) is 1.27. The average Bonchev–Trinajstić information content (AvgIpc) is 3.81. The minimum Gasteiger partial charge on any atom is -0.384 e. The highest BCUT2D eigenvalue weighted by Gasteiger charge is 2.50. The number of ether oxygens (including phenoxy) is 1. The molecule has 0 unspecified atom stereocenters. The van der Waals surface area contributed by atoms with Crippen LogP contribution in [0.25, 0.3) is 28.0 Å². The van der Waals surface area contributed by atoms with Gasteiger partial charge in [0, 0.05) is 54.3 Å². The van der Waals surface area contributed by atoms with Gasteiger partial charge >= 0.3 is 5.69 Å². The molecule has 4 aromatic rings. The molecule has 228 valence electrons. The average molecular weight is 618 g/mol. The molecule has 12 heteroatoms. The number of hydrogen-bond acceptors (Lipinski definition) is 9. The van der Waals surface area contributed by atoms with Gasteiger partial charge in [-0.3, -0.25) is 9.88 Å². The van der Waals surface area contributed by atoms with E-state index >= 15 is 8.78 Å². The van der Waals surface area contributed by atoms with Crippen LogP contribution in [0.5, 0.6) is 0 Å². The number of thioether (sulfide) groups is 1. The van der Waals surface area contributed by atoms with Crippen molar-refractivity contribution in [3.8, 4) is 16.9 Å². The van der Waals surface area contributed by atoms with Crippen LogP contribution >= 0.6 is 11.8 Å². The van der Waals surface area contributed by atoms with Crippen molar-refractivity contribution >= 4 is 34.3 Å². The van der Waals surface area contributed by atoms with Crippen molar-refractivity contribution in [2.24, 2.45) is 0 Å². The van der Waals surface area contributed by atoms with Crippen molar-refractivity contribution in [3.05, 3.63) is 77.0 Å². The third kappa shape index (κ3) is 4.94. The third-order valence-electron chi connectivity index (χ3n) is 8.40. The largest absolute Gasteiger partial charge is 0.384 e. The second kappa shape index (κ2) is 11.6. The van der Waals surface area contributed by atoms with Gasteiger partial charge in [0.25, 0.3) is 0 Å². The lowest BCUT2D eigenvalue weighted by Crippen LogP contribution is -2.48. The van der Waals surface area contributed by atoms with Gasteiger partial charge in [0.1, 0.15) is 17.3 Å². The molecule has 2 atom stereocenters. The Morgan fingerprint density at radius 3 is 2.86 bits per heavy atom. The highest BCUT2D eigenvalue weighted by molar-refractivity contribution is 7.99. The summed E-state index contributed by atoms with van der Waals surface area (Å²) in [5, 5.41) is 3.66. The fourth-order valence-electron chi connectivity index (χ4n) is 6.32. The van der Waals surface area contributed by atoms with E-state index in [1.54, 1.807) is 36.2 Å². The number of aromatic nitrogens is 4. The molecule has 1 saturated heterocycles. The molecule has 2 bridgehead atoms. The third-order valence-corrected chi connectivity index (χ3v) is 9.45. The number of fused-ring (bicyclic) bond motifs is 6. The number of halogens is 2. The lowest BCUT2D eigenvalue weighted by atomic mass is 10.1. The topological polar surface area (TPSA) is 88.4 Å². The summed E-state index contributed by atoms with van der Waals surface area (Å²) in [7, 11) is 0. The molecule has 1 saturated carbocycles. The molecule has 9 nitrogen and oxygen atoms in total. The number of nitrogens with one attached hydrogen (secondary N) is 1. The molecular weight excluding hydrogens is 584 g/mol. The van der Waals surface area contributed by atoms with E-state index in [1.165, 1.54) is 16.7 Å². The van der Waals surface area contributed by atoms with Gasteiger partial charge in [0.15, 0.2) is 11.5 Å². The van der Waals surface area contributed by atoms with Crippen molar-refractivity contribution in [2.45, 2.75) is 43.2 Å². The van der Waals surface area contributed by atoms with Gasteiger partial charge in [-0.15, -0.1) is 18.3 Å². The van der Waals surface area contributed by atoms with Gasteiger partial charge in [-0.05, 0) is 36.6 Å². The Balaban J connectivity index is 1.47. The van der Waals surface area contributed by atoms with E-state index in [4.69, 9.17) is 9.72 Å². The molecule has 1 aromatic carbocycles. The second-order valence-electron chi connectivity index (χ2n) is 11.5. The van der Waals surface area contributed by atoms with Gasteiger partial charge in [-0.2, -0.15) is 4.98 Å². The zero-order valence-corrected chi connectivity index (χ0v) is 25.4. The van der Waals surface area contributed by atoms with E-state index in [0.717, 1.165) is 11.3 Å². The molecule has 0 radical (unpaired) electrons. The Morgan fingerprint density at radius 1 is 1.18 bits per heavy atom. The summed E-state index contributed by atoms with van der Waals surface area (Å²) < 4.78 is 38.8. The number of nitrogens with zero attached hydrogens (tertiary/aromatic N) is 6. The maximum Gasteiger partial charge on any atom is 0.355 e. The smallest absolute Gasteiger partial charge is 0.355 e. The van der Waals surface area contributed by atoms with E-state index < -0.39 is 17.3 Å². The van der Waals surface area contributed by atoms with Crippen molar-refractivity contribution in [1.29, 1.82) is 0 Å². The highest BCUT2D eigenvalue weighted by Crippen LogP contribution is 2.42. The predicted octanol–water partition coefficient (Wildman–Crippen LogP) is 5.18. The molecule has 44 heavy (non-hydrogen) atoms. The molecule has 7 rings (SSSR count). The Morgan fingerprint density at radius 2 is 2.05 bits per heavy atom. The van der Waals surface area contributed by atoms with Gasteiger partial charge < -0.3 is 15.0 Å². The summed E-state index contributed by atoms with van der Waals surface area (Å²) in [6.45, 7) is 10.5. The molecule has 1 N–H and O–H groups in total. The fourth-order valence-corrected chi connectivity index (χ4v) is 7.23. The van der Waals surface area contributed by atoms with Gasteiger partial charge in [0.05, 0.1) is 35.7 Å². The lowest BCUT2D eigenvalue weighted by molar-refractivity contribution is 0.0337. The zero-order chi connectivity index (χ0) is 30.5. The van der Waals surface area contributed by atoms with Gasteiger partial charge in [-0.25, -0.2) is 23.1 Å². The number of hydrogen-bond donors (Lipinski definition) is 1. The van der Waals surface area contributed by atoms with E-state index in [1.807, 2.05) is 19.9 Å². The van der Waals surface area contributed by atoms with Crippen molar-refractivity contribution < 1.29 is 13.5 Å². The monoisotopic (exact) mass is 617 g/mol. The van der Waals surface area contributed by atoms with Crippen LogP contribution in [-0.2, 0) is 4.74 Å². The Hall–Kier alpha value is -3.87. The minimum atomic E-state index is -0.690. The maximum absolute atomic E-state index is 16.2. The molecule has 3 aromatic heterocycles. The van der Waals surface area contributed by atoms with Crippen molar-refractivity contribution in [2.75, 3.05) is 48.9 Å². The Bertz CT molecular complexity index is 1830. The van der Waals surface area contributed by atoms with Crippen molar-refractivity contribution in [1.82, 2.24) is 24.4 Å². The zero-order valence-electron chi connectivity index (χ0n) is 24.6. The van der Waals surface area contributed by atoms with E-state index in [0.29, 0.717) is 67.0 Å². The van der Waals surface area contributed by atoms with Crippen LogP contribution in [0.1, 0.15) is 31.9 Å². The summed E-state index contributed by atoms with van der Waals surface area (Å²) in [6, 6.07) is 8.17. The summed E-state index contributed by atoms with van der Waals surface area (Å²) in [4.78, 5) is 33.4. The first-order chi connectivity index (χ1) is 21.4. The van der Waals surface area contributed by atoms with Crippen LogP contribution in [0, 0.1) is 11.6 Å². The minimum absolute atomic E-state index is 0.0279. The van der Waals surface area contributed by atoms with Crippen LogP contribution < -0.4 is 15.9 Å². The first-order valence-corrected chi connectivity index (χ1v) is 15.8. The standard InChI is InChI=1S/C32H33F2N7O2S/c1-4-13-43-17-39-11-12-40(24-16-23(24)39)30-19-15-21(34)28-26-20(33)6-5-7-22(26)35-10-14-44-25-8-9-36-27(18(2)3)29(25)41(31(19)37-28)32(42)38-30/h4-9,15,18,23-24,35H,1,10-14,16-17H2,2-3H3/t23-,24+/m1/s1. The number of pyridine rings is 2. The van der Waals surface area contributed by atoms with E-state index in [-0.39, 0.29) is 34.9 Å². The first-order valence-electron chi connectivity index (χ1n) is 14.8. The first kappa shape index (κ1) is 28.9. The van der Waals surface area contributed by atoms with Gasteiger partial charge in [-0.1, -0.05) is 26.0 Å². The fraction of sp³-hybridized carbons (Fsp3) is 0.375. The molecule has 0 amide bonds. The highest BCUT2D eigenvalue weighted by atomic mass is 32.2. The van der Waals surface area contributed by atoms with Crippen LogP contribution in [0.3, 0.4) is 0 Å².